The molecule has 0 saturated heterocycles. The molecule has 1 heterocycles. The van der Waals surface area contributed by atoms with E-state index in [1.807, 2.05) is 13.8 Å². The van der Waals surface area contributed by atoms with E-state index in [2.05, 4.69) is 20.6 Å². The van der Waals surface area contributed by atoms with Gasteiger partial charge in [-0.15, -0.1) is 10.2 Å². The monoisotopic (exact) mass is 156 g/mol. The second-order valence-electron chi connectivity index (χ2n) is 2.12. The number of aromatic nitrogens is 4. The minimum atomic E-state index is -0.0150. The Bertz CT molecular complexity index is 186. The van der Waals surface area contributed by atoms with E-state index in [9.17, 15) is 0 Å². The lowest BCUT2D eigenvalue weighted by Crippen LogP contribution is -2.04. The van der Waals surface area contributed by atoms with Gasteiger partial charge in [-0.3, -0.25) is 0 Å². The first kappa shape index (κ1) is 8.13. The minimum absolute atomic E-state index is 0.0150. The second-order valence-corrected chi connectivity index (χ2v) is 2.12. The maximum atomic E-state index is 5.35. The first-order chi connectivity index (χ1) is 5.38. The fourth-order valence-electron chi connectivity index (χ4n) is 0.882. The Morgan fingerprint density at radius 2 is 2.36 bits per heavy atom. The zero-order valence-electron chi connectivity index (χ0n) is 6.74. The quantitative estimate of drug-likeness (QED) is 0.696. The summed E-state index contributed by atoms with van der Waals surface area (Å²) < 4.78 is 5.35. The topological polar surface area (TPSA) is 63.7 Å². The molecule has 0 aliphatic carbocycles. The Hall–Kier alpha value is -0.970. The van der Waals surface area contributed by atoms with Gasteiger partial charge in [-0.2, -0.15) is 5.21 Å². The zero-order chi connectivity index (χ0) is 8.10. The van der Waals surface area contributed by atoms with Gasteiger partial charge in [-0.05, 0) is 13.3 Å². The first-order valence-electron chi connectivity index (χ1n) is 3.73. The van der Waals surface area contributed by atoms with Crippen LogP contribution in [0.5, 0.6) is 0 Å². The van der Waals surface area contributed by atoms with Crippen LogP contribution in [-0.2, 0) is 4.74 Å². The summed E-state index contributed by atoms with van der Waals surface area (Å²) in [6, 6.07) is 0. The minimum Gasteiger partial charge on any atom is -0.370 e. The van der Waals surface area contributed by atoms with Gasteiger partial charge in [-0.25, -0.2) is 0 Å². The Morgan fingerprint density at radius 1 is 1.55 bits per heavy atom. The Kier molecular flexibility index (Phi) is 2.97. The number of ether oxygens (including phenoxy) is 1. The first-order valence-corrected chi connectivity index (χ1v) is 3.73. The molecule has 0 aliphatic heterocycles. The number of H-pyrrole nitrogens is 1. The standard InChI is InChI=1S/C6H12N4O/c1-3-5(11-4-2)6-7-9-10-8-6/h5H,3-4H2,1-2H3,(H,7,8,9,10). The van der Waals surface area contributed by atoms with E-state index >= 15 is 0 Å². The molecule has 0 radical (unpaired) electrons. The molecule has 0 aromatic carbocycles. The summed E-state index contributed by atoms with van der Waals surface area (Å²) in [6.07, 6.45) is 0.853. The fourth-order valence-corrected chi connectivity index (χ4v) is 0.882. The summed E-state index contributed by atoms with van der Waals surface area (Å²) in [6.45, 7) is 4.65. The number of hydrogen-bond acceptors (Lipinski definition) is 4. The smallest absolute Gasteiger partial charge is 0.203 e. The molecule has 1 N–H and O–H groups in total. The molecular formula is C6H12N4O. The average Bonchev–Trinajstić information content (AvgIpc) is 2.52. The van der Waals surface area contributed by atoms with Crippen molar-refractivity contribution in [3.05, 3.63) is 5.82 Å². The highest BCUT2D eigenvalue weighted by Crippen LogP contribution is 2.14. The van der Waals surface area contributed by atoms with Crippen molar-refractivity contribution >= 4 is 0 Å². The van der Waals surface area contributed by atoms with Crippen LogP contribution >= 0.6 is 0 Å². The number of aromatic amines is 1. The van der Waals surface area contributed by atoms with Gasteiger partial charge >= 0.3 is 0 Å². The van der Waals surface area contributed by atoms with Crippen LogP contribution in [0, 0.1) is 0 Å². The van der Waals surface area contributed by atoms with Gasteiger partial charge in [0, 0.05) is 6.61 Å². The van der Waals surface area contributed by atoms with Crippen LogP contribution in [0.25, 0.3) is 0 Å². The molecule has 0 bridgehead atoms. The SMILES string of the molecule is CCOC(CC)c1nn[nH]n1. The van der Waals surface area contributed by atoms with E-state index in [0.29, 0.717) is 12.4 Å². The van der Waals surface area contributed by atoms with Gasteiger partial charge in [0.1, 0.15) is 6.10 Å². The van der Waals surface area contributed by atoms with E-state index in [1.165, 1.54) is 0 Å². The summed E-state index contributed by atoms with van der Waals surface area (Å²) in [5, 5.41) is 13.5. The van der Waals surface area contributed by atoms with Crippen LogP contribution in [-0.4, -0.2) is 27.2 Å². The van der Waals surface area contributed by atoms with Crippen molar-refractivity contribution < 1.29 is 4.74 Å². The van der Waals surface area contributed by atoms with E-state index in [0.717, 1.165) is 6.42 Å². The van der Waals surface area contributed by atoms with Crippen LogP contribution < -0.4 is 0 Å². The summed E-state index contributed by atoms with van der Waals surface area (Å²) in [5.74, 6) is 0.634. The number of hydrogen-bond donors (Lipinski definition) is 1. The summed E-state index contributed by atoms with van der Waals surface area (Å²) >= 11 is 0. The third-order valence-corrected chi connectivity index (χ3v) is 1.39. The van der Waals surface area contributed by atoms with Gasteiger partial charge in [0.05, 0.1) is 0 Å². The Balaban J connectivity index is 2.56. The van der Waals surface area contributed by atoms with Gasteiger partial charge < -0.3 is 4.74 Å². The third-order valence-electron chi connectivity index (χ3n) is 1.39. The number of nitrogens with one attached hydrogen (secondary N) is 1. The molecule has 0 amide bonds. The number of nitrogens with zero attached hydrogens (tertiary/aromatic N) is 3. The summed E-state index contributed by atoms with van der Waals surface area (Å²) in [5.41, 5.74) is 0. The van der Waals surface area contributed by atoms with Gasteiger partial charge in [0.25, 0.3) is 0 Å². The van der Waals surface area contributed by atoms with Crippen LogP contribution in [0.1, 0.15) is 32.2 Å². The fraction of sp³-hybridized carbons (Fsp3) is 0.833. The molecule has 1 atom stereocenters. The molecule has 1 aromatic rings. The van der Waals surface area contributed by atoms with Crippen LogP contribution in [0.15, 0.2) is 0 Å². The van der Waals surface area contributed by atoms with E-state index in [4.69, 9.17) is 4.74 Å². The second kappa shape index (κ2) is 4.02. The van der Waals surface area contributed by atoms with Gasteiger partial charge in [0.15, 0.2) is 0 Å². The maximum absolute atomic E-state index is 5.35. The lowest BCUT2D eigenvalue weighted by Gasteiger charge is -2.08. The third kappa shape index (κ3) is 1.98. The van der Waals surface area contributed by atoms with Crippen molar-refractivity contribution in [3.8, 4) is 0 Å². The van der Waals surface area contributed by atoms with Crippen molar-refractivity contribution in [2.24, 2.45) is 0 Å². The van der Waals surface area contributed by atoms with E-state index in [1.54, 1.807) is 0 Å². The van der Waals surface area contributed by atoms with Crippen molar-refractivity contribution in [1.82, 2.24) is 20.6 Å². The molecule has 1 aromatic heterocycles. The predicted octanol–water partition coefficient (Wildman–Crippen LogP) is 0.687. The molecule has 0 aliphatic rings. The van der Waals surface area contributed by atoms with Crippen LogP contribution in [0.2, 0.25) is 0 Å². The molecule has 5 nitrogen and oxygen atoms in total. The average molecular weight is 156 g/mol. The van der Waals surface area contributed by atoms with Crippen LogP contribution in [0.4, 0.5) is 0 Å². The van der Waals surface area contributed by atoms with Crippen LogP contribution in [0.3, 0.4) is 0 Å². The van der Waals surface area contributed by atoms with E-state index in [-0.39, 0.29) is 6.10 Å². The number of tetrazole rings is 1. The highest BCUT2D eigenvalue weighted by atomic mass is 16.5. The highest BCUT2D eigenvalue weighted by Gasteiger charge is 2.12. The van der Waals surface area contributed by atoms with Gasteiger partial charge in [-0.1, -0.05) is 12.1 Å². The molecule has 0 fully saturated rings. The van der Waals surface area contributed by atoms with Crippen molar-refractivity contribution in [3.63, 3.8) is 0 Å². The molecule has 62 valence electrons. The van der Waals surface area contributed by atoms with Crippen molar-refractivity contribution in [2.75, 3.05) is 6.61 Å². The van der Waals surface area contributed by atoms with Crippen molar-refractivity contribution in [2.45, 2.75) is 26.4 Å². The lowest BCUT2D eigenvalue weighted by atomic mass is 10.3. The molecule has 5 heteroatoms. The normalized spacial score (nSPS) is 13.3. The van der Waals surface area contributed by atoms with Crippen molar-refractivity contribution in [1.29, 1.82) is 0 Å². The van der Waals surface area contributed by atoms with Gasteiger partial charge in [0.2, 0.25) is 5.82 Å². The number of rotatable bonds is 4. The summed E-state index contributed by atoms with van der Waals surface area (Å²) in [4.78, 5) is 0. The molecule has 0 spiro atoms. The highest BCUT2D eigenvalue weighted by molar-refractivity contribution is 4.83. The molecular weight excluding hydrogens is 144 g/mol. The van der Waals surface area contributed by atoms with E-state index < -0.39 is 0 Å². The summed E-state index contributed by atoms with van der Waals surface area (Å²) in [7, 11) is 0. The Morgan fingerprint density at radius 3 is 2.82 bits per heavy atom. The largest absolute Gasteiger partial charge is 0.370 e. The Labute approximate surface area is 65.1 Å². The predicted molar refractivity (Wildman–Crippen MR) is 38.8 cm³/mol. The lowest BCUT2D eigenvalue weighted by molar-refractivity contribution is 0.0535. The molecule has 1 unspecified atom stereocenters. The molecule has 1 rings (SSSR count). The molecule has 11 heavy (non-hydrogen) atoms. The zero-order valence-corrected chi connectivity index (χ0v) is 6.74. The molecule has 0 saturated carbocycles. The maximum Gasteiger partial charge on any atom is 0.203 e.